The summed E-state index contributed by atoms with van der Waals surface area (Å²) >= 11 is 0. The number of piperidine rings is 1. The molecule has 0 spiro atoms. The predicted molar refractivity (Wildman–Crippen MR) is 214 cm³/mol. The summed E-state index contributed by atoms with van der Waals surface area (Å²) in [4.78, 5) is 74.1. The number of imide groups is 1. The van der Waals surface area contributed by atoms with Crippen LogP contribution in [0.25, 0.3) is 11.0 Å². The van der Waals surface area contributed by atoms with Gasteiger partial charge in [0.1, 0.15) is 23.2 Å². The molecule has 4 amide bonds. The van der Waals surface area contributed by atoms with Gasteiger partial charge in [-0.1, -0.05) is 38.0 Å². The first kappa shape index (κ1) is 37.3. The van der Waals surface area contributed by atoms with Crippen LogP contribution in [-0.4, -0.2) is 111 Å². The Hall–Kier alpha value is -5.63. The molecule has 1 atom stereocenters. The number of anilines is 3. The van der Waals surface area contributed by atoms with Crippen molar-refractivity contribution in [2.75, 3.05) is 57.0 Å². The van der Waals surface area contributed by atoms with E-state index in [-0.39, 0.29) is 29.7 Å². The van der Waals surface area contributed by atoms with E-state index < -0.39 is 6.04 Å². The smallest absolute Gasteiger partial charge is 0.270 e. The number of unbranched alkanes of at least 4 members (excludes halogenated alkanes) is 2. The molecule has 0 bridgehead atoms. The van der Waals surface area contributed by atoms with Gasteiger partial charge in [-0.25, -0.2) is 9.97 Å². The number of benzene rings is 1. The lowest BCUT2D eigenvalue weighted by Crippen LogP contribution is -2.51. The number of nitrogens with zero attached hydrogens (tertiary/aromatic N) is 8. The molecule has 1 unspecified atom stereocenters. The first-order valence-corrected chi connectivity index (χ1v) is 19.9. The van der Waals surface area contributed by atoms with Crippen molar-refractivity contribution in [2.24, 2.45) is 0 Å². The molecule has 1 saturated carbocycles. The van der Waals surface area contributed by atoms with Gasteiger partial charge in [-0.15, -0.1) is 0 Å². The van der Waals surface area contributed by atoms with E-state index in [1.54, 1.807) is 31.3 Å². The zero-order valence-corrected chi connectivity index (χ0v) is 32.3. The second-order valence-corrected chi connectivity index (χ2v) is 15.6. The highest BCUT2D eigenvalue weighted by atomic mass is 16.2. The van der Waals surface area contributed by atoms with Crippen LogP contribution in [0.1, 0.15) is 101 Å². The van der Waals surface area contributed by atoms with E-state index in [1.165, 1.54) is 0 Å². The van der Waals surface area contributed by atoms with Crippen molar-refractivity contribution in [3.05, 3.63) is 83.5 Å². The number of pyridine rings is 1. The lowest BCUT2D eigenvalue weighted by Gasteiger charge is -2.36. The maximum atomic E-state index is 13.5. The summed E-state index contributed by atoms with van der Waals surface area (Å²) in [6.45, 7) is 8.57. The molecule has 292 valence electrons. The molecule has 8 rings (SSSR count). The minimum absolute atomic E-state index is 0.0295. The zero-order chi connectivity index (χ0) is 38.9. The van der Waals surface area contributed by atoms with E-state index in [0.29, 0.717) is 53.5 Å². The van der Waals surface area contributed by atoms with Crippen LogP contribution in [0.2, 0.25) is 0 Å². The van der Waals surface area contributed by atoms with Crippen molar-refractivity contribution in [3.8, 4) is 0 Å². The summed E-state index contributed by atoms with van der Waals surface area (Å²) in [5, 5.41) is 6.82. The average Bonchev–Trinajstić information content (AvgIpc) is 3.92. The van der Waals surface area contributed by atoms with Gasteiger partial charge in [0.05, 0.1) is 23.0 Å². The number of fused-ring (bicyclic) bond motifs is 2. The Morgan fingerprint density at radius 2 is 1.75 bits per heavy atom. The fraction of sp³-hybridized carbons (Fsp3) is 0.452. The lowest BCUT2D eigenvalue weighted by molar-refractivity contribution is -0.125. The largest absolute Gasteiger partial charge is 0.368 e. The second-order valence-electron chi connectivity index (χ2n) is 15.6. The molecule has 4 aromatic rings. The third-order valence-electron chi connectivity index (χ3n) is 11.7. The number of piperazine rings is 1. The van der Waals surface area contributed by atoms with Crippen molar-refractivity contribution in [2.45, 2.75) is 76.3 Å². The van der Waals surface area contributed by atoms with Crippen LogP contribution in [0.5, 0.6) is 0 Å². The minimum Gasteiger partial charge on any atom is -0.368 e. The molecule has 4 aliphatic rings. The van der Waals surface area contributed by atoms with Crippen molar-refractivity contribution in [3.63, 3.8) is 0 Å². The third-order valence-corrected chi connectivity index (χ3v) is 11.7. The Bertz CT molecular complexity index is 2170. The quantitative estimate of drug-likeness (QED) is 0.144. The number of carbonyl (C=O) groups excluding carboxylic acids is 4. The molecule has 56 heavy (non-hydrogen) atoms. The number of amides is 4. The molecule has 3 aromatic heterocycles. The van der Waals surface area contributed by atoms with Gasteiger partial charge in [-0.2, -0.15) is 4.98 Å². The van der Waals surface area contributed by atoms with Crippen molar-refractivity contribution in [1.82, 2.24) is 39.5 Å². The number of hydrogen-bond acceptors (Lipinski definition) is 10. The monoisotopic (exact) mass is 758 g/mol. The third kappa shape index (κ3) is 7.37. The molecule has 14 nitrogen and oxygen atoms in total. The molecular weight excluding hydrogens is 709 g/mol. The van der Waals surface area contributed by atoms with E-state index in [4.69, 9.17) is 4.98 Å². The van der Waals surface area contributed by atoms with E-state index >= 15 is 0 Å². The van der Waals surface area contributed by atoms with Crippen LogP contribution in [0.4, 0.5) is 17.5 Å². The molecule has 3 aliphatic heterocycles. The van der Waals surface area contributed by atoms with Gasteiger partial charge in [0.25, 0.3) is 17.7 Å². The number of hydrogen-bond donors (Lipinski definition) is 2. The molecular formula is C42H50N10O4. The van der Waals surface area contributed by atoms with Crippen molar-refractivity contribution >= 4 is 52.1 Å². The summed E-state index contributed by atoms with van der Waals surface area (Å²) in [6.07, 6.45) is 12.7. The average molecular weight is 759 g/mol. The normalized spacial score (nSPS) is 19.2. The summed E-state index contributed by atoms with van der Waals surface area (Å²) in [6, 6.07) is 10.9. The fourth-order valence-electron chi connectivity index (χ4n) is 8.69. The van der Waals surface area contributed by atoms with Crippen LogP contribution >= 0.6 is 0 Å². The van der Waals surface area contributed by atoms with E-state index in [9.17, 15) is 19.2 Å². The molecule has 2 saturated heterocycles. The molecule has 2 N–H and O–H groups in total. The van der Waals surface area contributed by atoms with Gasteiger partial charge < -0.3 is 25.0 Å². The minimum atomic E-state index is -0.798. The Labute approximate surface area is 327 Å². The fourth-order valence-corrected chi connectivity index (χ4v) is 8.69. The molecule has 14 heteroatoms. The summed E-state index contributed by atoms with van der Waals surface area (Å²) in [5.41, 5.74) is 4.85. The first-order valence-electron chi connectivity index (χ1n) is 19.9. The Balaban J connectivity index is 0.804. The Morgan fingerprint density at radius 1 is 0.946 bits per heavy atom. The highest BCUT2D eigenvalue weighted by Gasteiger charge is 2.44. The number of allylic oxidation sites excluding steroid dienone is 1. The van der Waals surface area contributed by atoms with Crippen LogP contribution in [-0.2, 0) is 11.2 Å². The van der Waals surface area contributed by atoms with E-state index in [1.807, 2.05) is 30.5 Å². The lowest BCUT2D eigenvalue weighted by atomic mass is 9.98. The predicted octanol–water partition coefficient (Wildman–Crippen LogP) is 5.31. The highest BCUT2D eigenvalue weighted by Crippen LogP contribution is 2.35. The number of rotatable bonds is 12. The maximum Gasteiger partial charge on any atom is 0.270 e. The number of aromatic nitrogens is 4. The van der Waals surface area contributed by atoms with E-state index in [2.05, 4.69) is 47.6 Å². The maximum absolute atomic E-state index is 13.5. The molecule has 1 aliphatic carbocycles. The summed E-state index contributed by atoms with van der Waals surface area (Å²) in [5.74, 6) is -0.0113. The second kappa shape index (κ2) is 15.8. The van der Waals surface area contributed by atoms with Gasteiger partial charge in [0, 0.05) is 63.6 Å². The zero-order valence-electron chi connectivity index (χ0n) is 32.3. The standard InChI is InChI=1S/C42H50N10O4/c1-27-15-17-33(38(53)45-27)52-39(54)32-14-9-11-28(36(32)41(52)56)10-5-4-8-19-49-20-22-50(23-21-49)31-16-18-35(43-26-31)46-42-44-25-29-24-34(40(55)48(2)3)51(37(29)47-42)30-12-6-7-13-30/h9,11,14,16,18,24-26,30,33H,1,4-8,10,12-13,15,17,19-23H2,2-3H3,(H,45,53)(H,43,44,46,47). The number of carbonyl (C=O) groups is 4. The van der Waals surface area contributed by atoms with Crippen molar-refractivity contribution < 1.29 is 19.2 Å². The first-order chi connectivity index (χ1) is 27.2. The van der Waals surface area contributed by atoms with Crippen LogP contribution in [0.15, 0.2) is 61.1 Å². The Kier molecular flexibility index (Phi) is 10.6. The van der Waals surface area contributed by atoms with Gasteiger partial charge in [-0.05, 0) is 81.3 Å². The van der Waals surface area contributed by atoms with Gasteiger partial charge in [0.2, 0.25) is 11.9 Å². The van der Waals surface area contributed by atoms with E-state index in [0.717, 1.165) is 105 Å². The number of aryl methyl sites for hydroxylation is 1. The molecule has 0 radical (unpaired) electrons. The summed E-state index contributed by atoms with van der Waals surface area (Å²) in [7, 11) is 3.55. The molecule has 3 fully saturated rings. The Morgan fingerprint density at radius 3 is 2.48 bits per heavy atom. The highest BCUT2D eigenvalue weighted by molar-refractivity contribution is 6.23. The van der Waals surface area contributed by atoms with Gasteiger partial charge in [0.15, 0.2) is 0 Å². The van der Waals surface area contributed by atoms with Crippen molar-refractivity contribution in [1.29, 1.82) is 0 Å². The molecule has 1 aromatic carbocycles. The van der Waals surface area contributed by atoms with Crippen LogP contribution in [0, 0.1) is 0 Å². The van der Waals surface area contributed by atoms with Crippen LogP contribution in [0.3, 0.4) is 0 Å². The number of nitrogens with one attached hydrogen (secondary N) is 2. The van der Waals surface area contributed by atoms with Gasteiger partial charge >= 0.3 is 0 Å². The van der Waals surface area contributed by atoms with Gasteiger partial charge in [-0.3, -0.25) is 29.0 Å². The summed E-state index contributed by atoms with van der Waals surface area (Å²) < 4.78 is 2.11. The topological polar surface area (TPSA) is 149 Å². The van der Waals surface area contributed by atoms with Crippen LogP contribution < -0.4 is 15.5 Å². The SMILES string of the molecule is C=C1CCC(N2C(=O)c3cccc(CCCCCN4CCN(c5ccc(Nc6ncc7cc(C(=O)N(C)C)n(C8CCCC8)c7n6)nc5)CC4)c3C2=O)C(=O)N1. The molecule has 6 heterocycles.